The minimum atomic E-state index is -0.709. The van der Waals surface area contributed by atoms with E-state index < -0.39 is 11.7 Å². The fourth-order valence-corrected chi connectivity index (χ4v) is 3.89. The van der Waals surface area contributed by atoms with Crippen LogP contribution >= 0.6 is 0 Å². The summed E-state index contributed by atoms with van der Waals surface area (Å²) in [6, 6.07) is 9.65. The third kappa shape index (κ3) is 8.33. The number of primary amides is 1. The van der Waals surface area contributed by atoms with Crippen molar-refractivity contribution in [1.29, 1.82) is 0 Å². The second-order valence-electron chi connectivity index (χ2n) is 8.05. The van der Waals surface area contributed by atoms with Crippen molar-refractivity contribution in [2.24, 2.45) is 17.6 Å². The summed E-state index contributed by atoms with van der Waals surface area (Å²) in [5.74, 6) is 1.18. The molecule has 0 aliphatic heterocycles. The van der Waals surface area contributed by atoms with Gasteiger partial charge in [0.15, 0.2) is 0 Å². The number of rotatable bonds is 8. The number of benzene rings is 1. The van der Waals surface area contributed by atoms with E-state index in [9.17, 15) is 9.59 Å². The zero-order chi connectivity index (χ0) is 19.7. The van der Waals surface area contributed by atoms with E-state index in [-0.39, 0.29) is 6.09 Å². The van der Waals surface area contributed by atoms with E-state index in [1.807, 2.05) is 44.2 Å². The molecule has 0 bridgehead atoms. The Morgan fingerprint density at radius 2 is 1.74 bits per heavy atom. The highest BCUT2D eigenvalue weighted by Gasteiger charge is 2.29. The molecular formula is C21H32N2O4. The summed E-state index contributed by atoms with van der Waals surface area (Å²) in [5.41, 5.74) is 5.61. The molecule has 0 unspecified atom stereocenters. The van der Waals surface area contributed by atoms with Crippen LogP contribution in [0.3, 0.4) is 0 Å². The summed E-state index contributed by atoms with van der Waals surface area (Å²) >= 11 is 0. The van der Waals surface area contributed by atoms with E-state index in [1.54, 1.807) is 0 Å². The zero-order valence-electron chi connectivity index (χ0n) is 16.4. The molecule has 3 N–H and O–H groups in total. The second kappa shape index (κ2) is 10.2. The molecule has 6 heteroatoms. The van der Waals surface area contributed by atoms with Gasteiger partial charge in [0.25, 0.3) is 0 Å². The van der Waals surface area contributed by atoms with Gasteiger partial charge in [-0.3, -0.25) is 0 Å². The second-order valence-corrected chi connectivity index (χ2v) is 8.05. The lowest BCUT2D eigenvalue weighted by atomic mass is 9.76. The predicted octanol–water partition coefficient (Wildman–Crippen LogP) is 4.37. The smallest absolute Gasteiger partial charge is 0.407 e. The number of hydrogen-bond acceptors (Lipinski definition) is 4. The first-order valence-electron chi connectivity index (χ1n) is 9.77. The average Bonchev–Trinajstić information content (AvgIpc) is 2.61. The Balaban J connectivity index is 1.58. The minimum absolute atomic E-state index is 0.293. The molecule has 6 nitrogen and oxygen atoms in total. The van der Waals surface area contributed by atoms with Gasteiger partial charge in [0.05, 0.1) is 0 Å². The van der Waals surface area contributed by atoms with Crippen molar-refractivity contribution in [1.82, 2.24) is 5.32 Å². The predicted molar refractivity (Wildman–Crippen MR) is 104 cm³/mol. The molecule has 0 heterocycles. The molecule has 0 aromatic heterocycles. The van der Waals surface area contributed by atoms with Crippen molar-refractivity contribution in [3.63, 3.8) is 0 Å². The lowest BCUT2D eigenvalue weighted by molar-refractivity contribution is 0.0195. The van der Waals surface area contributed by atoms with Gasteiger partial charge < -0.3 is 20.5 Å². The molecule has 2 rings (SSSR count). The van der Waals surface area contributed by atoms with Gasteiger partial charge in [-0.05, 0) is 44.1 Å². The molecule has 1 aromatic carbocycles. The Bertz CT molecular complexity index is 595. The van der Waals surface area contributed by atoms with Crippen LogP contribution < -0.4 is 11.1 Å². The molecule has 1 aliphatic carbocycles. The van der Waals surface area contributed by atoms with Gasteiger partial charge in [0, 0.05) is 6.54 Å². The maximum Gasteiger partial charge on any atom is 0.407 e. The first-order valence-corrected chi connectivity index (χ1v) is 9.77. The highest BCUT2D eigenvalue weighted by Crippen LogP contribution is 2.35. The van der Waals surface area contributed by atoms with E-state index in [4.69, 9.17) is 15.2 Å². The lowest BCUT2D eigenvalue weighted by Gasteiger charge is -2.33. The lowest BCUT2D eigenvalue weighted by Crippen LogP contribution is -2.34. The molecule has 150 valence electrons. The third-order valence-electron chi connectivity index (χ3n) is 5.16. The number of amides is 2. The van der Waals surface area contributed by atoms with Crippen LogP contribution in [-0.4, -0.2) is 24.3 Å². The van der Waals surface area contributed by atoms with Gasteiger partial charge in [-0.1, -0.05) is 56.0 Å². The van der Waals surface area contributed by atoms with Gasteiger partial charge in [-0.25, -0.2) is 9.59 Å². The van der Waals surface area contributed by atoms with Crippen molar-refractivity contribution in [3.8, 4) is 0 Å². The van der Waals surface area contributed by atoms with Crippen LogP contribution in [-0.2, 0) is 16.1 Å². The summed E-state index contributed by atoms with van der Waals surface area (Å²) < 4.78 is 10.4. The molecule has 1 aliphatic rings. The van der Waals surface area contributed by atoms with E-state index >= 15 is 0 Å². The quantitative estimate of drug-likeness (QED) is 0.705. The molecule has 0 saturated heterocycles. The maximum absolute atomic E-state index is 11.8. The van der Waals surface area contributed by atoms with Crippen molar-refractivity contribution < 1.29 is 19.1 Å². The minimum Gasteiger partial charge on any atom is -0.445 e. The Kier molecular flexibility index (Phi) is 7.95. The number of carbonyl (C=O) groups excluding carboxylic acids is 2. The number of nitrogens with one attached hydrogen (secondary N) is 1. The van der Waals surface area contributed by atoms with Gasteiger partial charge in [-0.15, -0.1) is 0 Å². The molecule has 27 heavy (non-hydrogen) atoms. The summed E-state index contributed by atoms with van der Waals surface area (Å²) in [4.78, 5) is 22.7. The zero-order valence-corrected chi connectivity index (χ0v) is 16.4. The Hall–Kier alpha value is -2.24. The molecule has 1 saturated carbocycles. The monoisotopic (exact) mass is 376 g/mol. The van der Waals surface area contributed by atoms with Crippen molar-refractivity contribution in [2.45, 2.75) is 64.6 Å². The first kappa shape index (κ1) is 21.1. The summed E-state index contributed by atoms with van der Waals surface area (Å²) in [6.07, 6.45) is 5.25. The summed E-state index contributed by atoms with van der Waals surface area (Å²) in [6.45, 7) is 4.75. The number of ether oxygens (including phenoxy) is 2. The van der Waals surface area contributed by atoms with Crippen LogP contribution in [0.5, 0.6) is 0 Å². The number of hydrogen-bond donors (Lipinski definition) is 2. The Morgan fingerprint density at radius 1 is 1.11 bits per heavy atom. The Morgan fingerprint density at radius 3 is 2.37 bits per heavy atom. The maximum atomic E-state index is 11.8. The molecule has 1 fully saturated rings. The highest BCUT2D eigenvalue weighted by molar-refractivity contribution is 5.67. The number of carbonyl (C=O) groups is 2. The van der Waals surface area contributed by atoms with E-state index in [2.05, 4.69) is 5.32 Å². The summed E-state index contributed by atoms with van der Waals surface area (Å²) in [5, 5.41) is 2.84. The van der Waals surface area contributed by atoms with Gasteiger partial charge in [0.2, 0.25) is 0 Å². The first-order chi connectivity index (χ1) is 12.8. The topological polar surface area (TPSA) is 90.7 Å². The van der Waals surface area contributed by atoms with Crippen molar-refractivity contribution in [2.75, 3.05) is 6.54 Å². The molecule has 2 amide bonds. The average molecular weight is 376 g/mol. The number of alkyl carbamates (subject to hydrolysis) is 1. The summed E-state index contributed by atoms with van der Waals surface area (Å²) in [7, 11) is 0. The van der Waals surface area contributed by atoms with Crippen molar-refractivity contribution in [3.05, 3.63) is 35.9 Å². The van der Waals surface area contributed by atoms with Gasteiger partial charge in [0.1, 0.15) is 12.2 Å². The fourth-order valence-electron chi connectivity index (χ4n) is 3.89. The van der Waals surface area contributed by atoms with Crippen LogP contribution in [0.25, 0.3) is 0 Å². The SMILES string of the molecule is CC(C)(C[C@H]1CC[C@@H](CCNC(=O)OCc2ccccc2)CC1)OC(N)=O. The molecule has 0 radical (unpaired) electrons. The van der Waals surface area contributed by atoms with E-state index in [0.29, 0.717) is 25.0 Å². The fraction of sp³-hybridized carbons (Fsp3) is 0.619. The van der Waals surface area contributed by atoms with Crippen LogP contribution in [0.4, 0.5) is 9.59 Å². The van der Waals surface area contributed by atoms with Gasteiger partial charge in [-0.2, -0.15) is 0 Å². The molecule has 1 aromatic rings. The third-order valence-corrected chi connectivity index (χ3v) is 5.16. The van der Waals surface area contributed by atoms with E-state index in [1.165, 1.54) is 0 Å². The largest absolute Gasteiger partial charge is 0.445 e. The van der Waals surface area contributed by atoms with Gasteiger partial charge >= 0.3 is 12.2 Å². The normalized spacial score (nSPS) is 19.9. The standard InChI is InChI=1S/C21H32N2O4/c1-21(2,27-19(22)24)14-17-10-8-16(9-11-17)12-13-23-20(25)26-15-18-6-4-3-5-7-18/h3-7,16-17H,8-15H2,1-2H3,(H2,22,24)(H,23,25)/t16-,17+. The Labute approximate surface area is 161 Å². The van der Waals surface area contributed by atoms with Crippen molar-refractivity contribution >= 4 is 12.2 Å². The number of nitrogens with two attached hydrogens (primary N) is 1. The van der Waals surface area contributed by atoms with Crippen LogP contribution in [0.1, 0.15) is 57.9 Å². The van der Waals surface area contributed by atoms with Crippen LogP contribution in [0.2, 0.25) is 0 Å². The van der Waals surface area contributed by atoms with Crippen LogP contribution in [0.15, 0.2) is 30.3 Å². The van der Waals surface area contributed by atoms with E-state index in [0.717, 1.165) is 44.1 Å². The molecular weight excluding hydrogens is 344 g/mol. The van der Waals surface area contributed by atoms with Crippen LogP contribution in [0, 0.1) is 11.8 Å². The highest BCUT2D eigenvalue weighted by atomic mass is 16.6. The molecule has 0 spiro atoms. The molecule has 0 atom stereocenters.